The molecule has 0 unspecified atom stereocenters. The number of pyridine rings is 1. The van der Waals surface area contributed by atoms with Crippen LogP contribution in [0.25, 0.3) is 11.5 Å². The maximum atomic E-state index is 12.6. The molecular weight excluding hydrogens is 362 g/mol. The van der Waals surface area contributed by atoms with Crippen LogP contribution >= 0.6 is 0 Å². The van der Waals surface area contributed by atoms with Gasteiger partial charge in [-0.3, -0.25) is 9.78 Å². The first kappa shape index (κ1) is 19.8. The van der Waals surface area contributed by atoms with Crippen molar-refractivity contribution in [2.75, 3.05) is 18.0 Å². The molecule has 0 radical (unpaired) electrons. The van der Waals surface area contributed by atoms with Crippen LogP contribution in [-0.2, 0) is 4.79 Å². The van der Waals surface area contributed by atoms with Crippen LogP contribution in [0.2, 0.25) is 0 Å². The Bertz CT molecular complexity index is 840. The molecule has 1 amide bonds. The molecule has 2 aliphatic rings. The summed E-state index contributed by atoms with van der Waals surface area (Å²) in [5.74, 6) is 2.18. The van der Waals surface area contributed by atoms with Gasteiger partial charge < -0.3 is 10.2 Å². The predicted molar refractivity (Wildman–Crippen MR) is 115 cm³/mol. The molecule has 1 N–H and O–H groups in total. The maximum absolute atomic E-state index is 12.6. The largest absolute Gasteiger partial charge is 0.356 e. The highest BCUT2D eigenvalue weighted by Crippen LogP contribution is 2.27. The summed E-state index contributed by atoms with van der Waals surface area (Å²) in [5, 5.41) is 3.32. The minimum atomic E-state index is 0.231. The Labute approximate surface area is 173 Å². The number of amides is 1. The summed E-state index contributed by atoms with van der Waals surface area (Å²) in [6.45, 7) is 5.91. The van der Waals surface area contributed by atoms with E-state index < -0.39 is 0 Å². The van der Waals surface area contributed by atoms with E-state index in [1.54, 1.807) is 6.20 Å². The fourth-order valence-electron chi connectivity index (χ4n) is 4.45. The summed E-state index contributed by atoms with van der Waals surface area (Å²) in [6, 6.07) is 6.08. The third-order valence-electron chi connectivity index (χ3n) is 6.37. The van der Waals surface area contributed by atoms with Crippen molar-refractivity contribution >= 4 is 11.7 Å². The standard InChI is InChI=1S/C23H31N5O/c1-16-17(2)25-21(20-10-6-7-13-24-20)27-22(16)28-14-11-19(12-15-28)26-23(29)18-8-4-3-5-9-18/h6-7,10,13,18-19H,3-5,8-9,11-12,14-15H2,1-2H3,(H,26,29). The Morgan fingerprint density at radius 1 is 1.03 bits per heavy atom. The molecule has 29 heavy (non-hydrogen) atoms. The highest BCUT2D eigenvalue weighted by Gasteiger charge is 2.27. The number of carbonyl (C=O) groups is 1. The van der Waals surface area contributed by atoms with Crippen molar-refractivity contribution in [1.82, 2.24) is 20.3 Å². The van der Waals surface area contributed by atoms with Gasteiger partial charge in [-0.2, -0.15) is 0 Å². The molecule has 1 aliphatic carbocycles. The molecule has 6 heteroatoms. The number of rotatable bonds is 4. The molecule has 0 bridgehead atoms. The number of aryl methyl sites for hydroxylation is 1. The van der Waals surface area contributed by atoms with Gasteiger partial charge in [0.1, 0.15) is 11.5 Å². The second-order valence-corrected chi connectivity index (χ2v) is 8.40. The van der Waals surface area contributed by atoms with Gasteiger partial charge >= 0.3 is 0 Å². The van der Waals surface area contributed by atoms with Gasteiger partial charge in [0.15, 0.2) is 5.82 Å². The zero-order valence-corrected chi connectivity index (χ0v) is 17.5. The Balaban J connectivity index is 1.41. The number of piperidine rings is 1. The first-order valence-corrected chi connectivity index (χ1v) is 10.9. The summed E-state index contributed by atoms with van der Waals surface area (Å²) in [5.41, 5.74) is 2.91. The highest BCUT2D eigenvalue weighted by atomic mass is 16.1. The molecule has 0 spiro atoms. The molecule has 1 aliphatic heterocycles. The van der Waals surface area contributed by atoms with Crippen LogP contribution in [0, 0.1) is 19.8 Å². The van der Waals surface area contributed by atoms with Crippen molar-refractivity contribution in [3.63, 3.8) is 0 Å². The lowest BCUT2D eigenvalue weighted by Gasteiger charge is -2.35. The van der Waals surface area contributed by atoms with Crippen molar-refractivity contribution in [1.29, 1.82) is 0 Å². The van der Waals surface area contributed by atoms with E-state index in [0.717, 1.165) is 61.5 Å². The monoisotopic (exact) mass is 393 g/mol. The molecule has 2 fully saturated rings. The average Bonchev–Trinajstić information content (AvgIpc) is 2.77. The van der Waals surface area contributed by atoms with Crippen LogP contribution in [0.15, 0.2) is 24.4 Å². The van der Waals surface area contributed by atoms with Gasteiger partial charge in [0.25, 0.3) is 0 Å². The zero-order valence-electron chi connectivity index (χ0n) is 17.5. The lowest BCUT2D eigenvalue weighted by molar-refractivity contribution is -0.126. The fraction of sp³-hybridized carbons (Fsp3) is 0.565. The summed E-state index contributed by atoms with van der Waals surface area (Å²) >= 11 is 0. The maximum Gasteiger partial charge on any atom is 0.223 e. The zero-order chi connectivity index (χ0) is 20.2. The second-order valence-electron chi connectivity index (χ2n) is 8.40. The van der Waals surface area contributed by atoms with Gasteiger partial charge in [-0.05, 0) is 51.7 Å². The summed E-state index contributed by atoms with van der Waals surface area (Å²) in [6.07, 6.45) is 9.47. The van der Waals surface area contributed by atoms with Crippen molar-refractivity contribution < 1.29 is 4.79 Å². The van der Waals surface area contributed by atoms with E-state index >= 15 is 0 Å². The highest BCUT2D eigenvalue weighted by molar-refractivity contribution is 5.79. The first-order chi connectivity index (χ1) is 14.1. The number of hydrogen-bond donors (Lipinski definition) is 1. The summed E-state index contributed by atoms with van der Waals surface area (Å²) < 4.78 is 0. The van der Waals surface area contributed by atoms with Crippen molar-refractivity contribution in [2.24, 2.45) is 5.92 Å². The molecular formula is C23H31N5O. The molecule has 1 saturated carbocycles. The second kappa shape index (κ2) is 8.89. The van der Waals surface area contributed by atoms with Crippen LogP contribution in [0.1, 0.15) is 56.2 Å². The molecule has 0 atom stereocenters. The van der Waals surface area contributed by atoms with E-state index in [9.17, 15) is 4.79 Å². The normalized spacial score (nSPS) is 18.6. The Morgan fingerprint density at radius 2 is 1.79 bits per heavy atom. The lowest BCUT2D eigenvalue weighted by Crippen LogP contribution is -2.47. The molecule has 3 heterocycles. The molecule has 1 saturated heterocycles. The van der Waals surface area contributed by atoms with Crippen LogP contribution < -0.4 is 10.2 Å². The van der Waals surface area contributed by atoms with Crippen molar-refractivity contribution in [3.05, 3.63) is 35.7 Å². The predicted octanol–water partition coefficient (Wildman–Crippen LogP) is 3.82. The third kappa shape index (κ3) is 4.57. The van der Waals surface area contributed by atoms with Crippen molar-refractivity contribution in [2.45, 2.75) is 64.8 Å². The van der Waals surface area contributed by atoms with E-state index in [-0.39, 0.29) is 17.9 Å². The smallest absolute Gasteiger partial charge is 0.223 e. The number of nitrogens with zero attached hydrogens (tertiary/aromatic N) is 4. The van der Waals surface area contributed by atoms with Gasteiger partial charge in [0, 0.05) is 42.5 Å². The summed E-state index contributed by atoms with van der Waals surface area (Å²) in [7, 11) is 0. The van der Waals surface area contributed by atoms with Gasteiger partial charge in [0.05, 0.1) is 0 Å². The van der Waals surface area contributed by atoms with Crippen LogP contribution in [0.4, 0.5) is 5.82 Å². The molecule has 154 valence electrons. The quantitative estimate of drug-likeness (QED) is 0.855. The van der Waals surface area contributed by atoms with E-state index in [1.807, 2.05) is 25.1 Å². The number of nitrogens with one attached hydrogen (secondary N) is 1. The van der Waals surface area contributed by atoms with E-state index in [2.05, 4.69) is 27.1 Å². The topological polar surface area (TPSA) is 71.0 Å². The Morgan fingerprint density at radius 3 is 2.48 bits per heavy atom. The minimum Gasteiger partial charge on any atom is -0.356 e. The van der Waals surface area contributed by atoms with Crippen LogP contribution in [-0.4, -0.2) is 40.0 Å². The number of carbonyl (C=O) groups excluding carboxylic acids is 1. The average molecular weight is 394 g/mol. The van der Waals surface area contributed by atoms with Gasteiger partial charge in [0.2, 0.25) is 5.91 Å². The number of aromatic nitrogens is 3. The van der Waals surface area contributed by atoms with E-state index in [0.29, 0.717) is 5.82 Å². The lowest BCUT2D eigenvalue weighted by atomic mass is 9.88. The summed E-state index contributed by atoms with van der Waals surface area (Å²) in [4.78, 5) is 28.8. The van der Waals surface area contributed by atoms with Crippen molar-refractivity contribution in [3.8, 4) is 11.5 Å². The van der Waals surface area contributed by atoms with Gasteiger partial charge in [-0.25, -0.2) is 9.97 Å². The van der Waals surface area contributed by atoms with E-state index in [4.69, 9.17) is 4.98 Å². The molecule has 2 aromatic rings. The Hall–Kier alpha value is -2.50. The number of hydrogen-bond acceptors (Lipinski definition) is 5. The van der Waals surface area contributed by atoms with E-state index in [1.165, 1.54) is 19.3 Å². The Kier molecular flexibility index (Phi) is 6.07. The van der Waals surface area contributed by atoms with Gasteiger partial charge in [-0.15, -0.1) is 0 Å². The third-order valence-corrected chi connectivity index (χ3v) is 6.37. The SMILES string of the molecule is Cc1nc(-c2ccccn2)nc(N2CCC(NC(=O)C3CCCCC3)CC2)c1C. The van der Waals surface area contributed by atoms with Crippen LogP contribution in [0.5, 0.6) is 0 Å². The fourth-order valence-corrected chi connectivity index (χ4v) is 4.45. The van der Waals surface area contributed by atoms with Crippen LogP contribution in [0.3, 0.4) is 0 Å². The molecule has 6 nitrogen and oxygen atoms in total. The van der Waals surface area contributed by atoms with Gasteiger partial charge in [-0.1, -0.05) is 25.3 Å². The number of anilines is 1. The first-order valence-electron chi connectivity index (χ1n) is 10.9. The molecule has 0 aromatic carbocycles. The minimum absolute atomic E-state index is 0.231. The molecule has 2 aromatic heterocycles. The molecule has 4 rings (SSSR count).